The van der Waals surface area contributed by atoms with Crippen LogP contribution in [-0.2, 0) is 4.79 Å². The van der Waals surface area contributed by atoms with E-state index in [-0.39, 0.29) is 5.91 Å². The van der Waals surface area contributed by atoms with Gasteiger partial charge in [-0.2, -0.15) is 0 Å². The van der Waals surface area contributed by atoms with Crippen LogP contribution in [0.15, 0.2) is 22.7 Å². The van der Waals surface area contributed by atoms with Crippen molar-refractivity contribution in [3.63, 3.8) is 0 Å². The Balaban J connectivity index is 2.94. The molecule has 0 bridgehead atoms. The number of benzene rings is 1. The molecule has 1 aromatic rings. The molecule has 1 atom stereocenters. The van der Waals surface area contributed by atoms with Crippen molar-refractivity contribution in [3.05, 3.63) is 34.1 Å². The number of rotatable bonds is 3. The van der Waals surface area contributed by atoms with Crippen LogP contribution >= 0.6 is 27.5 Å². The van der Waals surface area contributed by atoms with E-state index in [4.69, 9.17) is 11.6 Å². The van der Waals surface area contributed by atoms with E-state index in [1.54, 1.807) is 6.92 Å². The van der Waals surface area contributed by atoms with E-state index in [0.717, 1.165) is 0 Å². The molecule has 5 heteroatoms. The van der Waals surface area contributed by atoms with Gasteiger partial charge in [-0.25, -0.2) is 4.39 Å². The predicted octanol–water partition coefficient (Wildman–Crippen LogP) is 3.00. The van der Waals surface area contributed by atoms with Gasteiger partial charge in [-0.15, -0.1) is 11.6 Å². The first-order valence-corrected chi connectivity index (χ1v) is 5.66. The maximum absolute atomic E-state index is 12.9. The molecule has 0 aliphatic heterocycles. The summed E-state index contributed by atoms with van der Waals surface area (Å²) in [5, 5.41) is 1.70. The molecule has 15 heavy (non-hydrogen) atoms. The van der Waals surface area contributed by atoms with Crippen LogP contribution in [0, 0.1) is 5.82 Å². The summed E-state index contributed by atoms with van der Waals surface area (Å²) >= 11 is 9.12. The van der Waals surface area contributed by atoms with E-state index in [1.165, 1.54) is 18.2 Å². The molecule has 1 N–H and O–H groups in total. The number of nitrogens with one attached hydrogen (secondary N) is 1. The third-order valence-electron chi connectivity index (χ3n) is 1.81. The Morgan fingerprint density at radius 3 is 2.93 bits per heavy atom. The minimum absolute atomic E-state index is 0.328. The average molecular weight is 295 g/mol. The molecule has 82 valence electrons. The first-order chi connectivity index (χ1) is 7.06. The van der Waals surface area contributed by atoms with Gasteiger partial charge in [-0.05, 0) is 30.7 Å². The van der Waals surface area contributed by atoms with Gasteiger partial charge in [0.1, 0.15) is 11.2 Å². The topological polar surface area (TPSA) is 29.1 Å². The first-order valence-electron chi connectivity index (χ1n) is 4.43. The van der Waals surface area contributed by atoms with Gasteiger partial charge < -0.3 is 5.32 Å². The number of carbonyl (C=O) groups is 1. The maximum Gasteiger partial charge on any atom is 0.242 e. The summed E-state index contributed by atoms with van der Waals surface area (Å²) in [6.07, 6.45) is 0. The fourth-order valence-electron chi connectivity index (χ4n) is 1.11. The van der Waals surface area contributed by atoms with Crippen LogP contribution < -0.4 is 5.32 Å². The molecule has 1 aromatic carbocycles. The normalized spacial score (nSPS) is 12.3. The number of amides is 1. The monoisotopic (exact) mass is 293 g/mol. The fraction of sp³-hybridized carbons (Fsp3) is 0.300. The summed E-state index contributed by atoms with van der Waals surface area (Å²) in [7, 11) is 0. The molecule has 0 saturated heterocycles. The Morgan fingerprint density at radius 2 is 2.33 bits per heavy atom. The molecule has 1 unspecified atom stereocenters. The van der Waals surface area contributed by atoms with Gasteiger partial charge in [0.15, 0.2) is 0 Å². The van der Waals surface area contributed by atoms with Crippen molar-refractivity contribution in [2.75, 3.05) is 6.54 Å². The molecule has 1 amide bonds. The highest BCUT2D eigenvalue weighted by Gasteiger charge is 2.19. The summed E-state index contributed by atoms with van der Waals surface area (Å²) in [6, 6.07) is 4.07. The number of likely N-dealkylation sites (N-methyl/N-ethyl adjacent to an activating group) is 1. The summed E-state index contributed by atoms with van der Waals surface area (Å²) in [5.41, 5.74) is 0.433. The molecule has 0 aliphatic rings. The Hall–Kier alpha value is -0.610. The van der Waals surface area contributed by atoms with Gasteiger partial charge in [0.2, 0.25) is 5.91 Å². The SMILES string of the molecule is CCNC(=O)C(Cl)c1cc(F)ccc1Br. The Bertz CT molecular complexity index is 372. The van der Waals surface area contributed by atoms with Crippen LogP contribution in [0.4, 0.5) is 4.39 Å². The Kier molecular flexibility index (Phi) is 4.54. The fourth-order valence-corrected chi connectivity index (χ4v) is 1.98. The zero-order valence-electron chi connectivity index (χ0n) is 8.06. The third-order valence-corrected chi connectivity index (χ3v) is 2.97. The minimum Gasteiger partial charge on any atom is -0.355 e. The van der Waals surface area contributed by atoms with E-state index < -0.39 is 11.2 Å². The van der Waals surface area contributed by atoms with Crippen molar-refractivity contribution in [1.29, 1.82) is 0 Å². The van der Waals surface area contributed by atoms with E-state index in [2.05, 4.69) is 21.2 Å². The molecule has 0 heterocycles. The molecular weight excluding hydrogens is 284 g/mol. The van der Waals surface area contributed by atoms with Crippen LogP contribution in [0.3, 0.4) is 0 Å². The molecule has 0 saturated carbocycles. The number of halogens is 3. The van der Waals surface area contributed by atoms with Gasteiger partial charge in [-0.1, -0.05) is 15.9 Å². The Labute approximate surface area is 101 Å². The van der Waals surface area contributed by atoms with Crippen molar-refractivity contribution in [2.24, 2.45) is 0 Å². The second-order valence-corrected chi connectivity index (χ2v) is 4.21. The lowest BCUT2D eigenvalue weighted by Gasteiger charge is -2.11. The number of alkyl halides is 1. The lowest BCUT2D eigenvalue weighted by molar-refractivity contribution is -0.120. The van der Waals surface area contributed by atoms with Gasteiger partial charge in [0, 0.05) is 11.0 Å². The highest BCUT2D eigenvalue weighted by Crippen LogP contribution is 2.28. The molecule has 0 aromatic heterocycles. The van der Waals surface area contributed by atoms with Gasteiger partial charge in [-0.3, -0.25) is 4.79 Å². The largest absolute Gasteiger partial charge is 0.355 e. The van der Waals surface area contributed by atoms with Crippen LogP contribution in [0.2, 0.25) is 0 Å². The smallest absolute Gasteiger partial charge is 0.242 e. The lowest BCUT2D eigenvalue weighted by Crippen LogP contribution is -2.26. The lowest BCUT2D eigenvalue weighted by atomic mass is 10.1. The quantitative estimate of drug-likeness (QED) is 0.853. The van der Waals surface area contributed by atoms with Gasteiger partial charge >= 0.3 is 0 Å². The van der Waals surface area contributed by atoms with Crippen molar-refractivity contribution >= 4 is 33.4 Å². The molecule has 0 radical (unpaired) electrons. The van der Waals surface area contributed by atoms with Crippen molar-refractivity contribution < 1.29 is 9.18 Å². The summed E-state index contributed by atoms with van der Waals surface area (Å²) in [4.78, 5) is 11.4. The molecule has 0 aliphatic carbocycles. The molecule has 0 spiro atoms. The average Bonchev–Trinajstić information content (AvgIpc) is 2.21. The maximum atomic E-state index is 12.9. The van der Waals surface area contributed by atoms with Crippen LogP contribution in [0.25, 0.3) is 0 Å². The van der Waals surface area contributed by atoms with Gasteiger partial charge in [0.25, 0.3) is 0 Å². The molecule has 2 nitrogen and oxygen atoms in total. The highest BCUT2D eigenvalue weighted by atomic mass is 79.9. The van der Waals surface area contributed by atoms with E-state index in [9.17, 15) is 9.18 Å². The minimum atomic E-state index is -0.880. The second kappa shape index (κ2) is 5.47. The standard InChI is InChI=1S/C10H10BrClFNO/c1-2-14-10(15)9(12)7-5-6(13)3-4-8(7)11/h3-5,9H,2H2,1H3,(H,14,15). The van der Waals surface area contributed by atoms with Crippen molar-refractivity contribution in [2.45, 2.75) is 12.3 Å². The summed E-state index contributed by atoms with van der Waals surface area (Å²) in [5.74, 6) is -0.742. The summed E-state index contributed by atoms with van der Waals surface area (Å²) in [6.45, 7) is 2.29. The van der Waals surface area contributed by atoms with E-state index in [0.29, 0.717) is 16.6 Å². The third kappa shape index (κ3) is 3.18. The predicted molar refractivity (Wildman–Crippen MR) is 61.4 cm³/mol. The van der Waals surface area contributed by atoms with Crippen molar-refractivity contribution in [3.8, 4) is 0 Å². The summed E-state index contributed by atoms with van der Waals surface area (Å²) < 4.78 is 13.6. The number of hydrogen-bond donors (Lipinski definition) is 1. The highest BCUT2D eigenvalue weighted by molar-refractivity contribution is 9.10. The van der Waals surface area contributed by atoms with E-state index >= 15 is 0 Å². The zero-order chi connectivity index (χ0) is 11.4. The van der Waals surface area contributed by atoms with Crippen LogP contribution in [0.1, 0.15) is 17.9 Å². The number of hydrogen-bond acceptors (Lipinski definition) is 1. The van der Waals surface area contributed by atoms with Crippen LogP contribution in [-0.4, -0.2) is 12.5 Å². The van der Waals surface area contributed by atoms with Crippen LogP contribution in [0.5, 0.6) is 0 Å². The van der Waals surface area contributed by atoms with E-state index in [1.807, 2.05) is 0 Å². The first kappa shape index (κ1) is 12.5. The number of carbonyl (C=O) groups excluding carboxylic acids is 1. The van der Waals surface area contributed by atoms with Crippen molar-refractivity contribution in [1.82, 2.24) is 5.32 Å². The molecular formula is C10H10BrClFNO. The second-order valence-electron chi connectivity index (χ2n) is 2.92. The molecule has 1 rings (SSSR count). The molecule has 0 fully saturated rings. The Morgan fingerprint density at radius 1 is 1.67 bits per heavy atom. The van der Waals surface area contributed by atoms with Gasteiger partial charge in [0.05, 0.1) is 0 Å². The zero-order valence-corrected chi connectivity index (χ0v) is 10.4.